The minimum atomic E-state index is -3.05. The number of thiophene rings is 1. The van der Waals surface area contributed by atoms with Crippen LogP contribution in [0.1, 0.15) is 42.3 Å². The Hall–Kier alpha value is -1.70. The quantitative estimate of drug-likeness (QED) is 0.741. The number of carbonyl (C=O) groups excluding carboxylic acids is 1. The van der Waals surface area contributed by atoms with Gasteiger partial charge in [0, 0.05) is 4.88 Å². The summed E-state index contributed by atoms with van der Waals surface area (Å²) >= 11 is 1.65. The minimum absolute atomic E-state index is 0.0125. The van der Waals surface area contributed by atoms with Crippen LogP contribution in [0.25, 0.3) is 0 Å². The zero-order chi connectivity index (χ0) is 19.5. The molecule has 1 fully saturated rings. The van der Waals surface area contributed by atoms with Gasteiger partial charge in [-0.25, -0.2) is 8.42 Å². The van der Waals surface area contributed by atoms with Crippen molar-refractivity contribution < 1.29 is 13.2 Å². The average Bonchev–Trinajstić information content (AvgIpc) is 3.23. The lowest BCUT2D eigenvalue weighted by Gasteiger charge is -2.25. The van der Waals surface area contributed by atoms with Crippen LogP contribution in [-0.2, 0) is 21.1 Å². The highest BCUT2D eigenvalue weighted by Gasteiger charge is 2.39. The summed E-state index contributed by atoms with van der Waals surface area (Å²) in [6.07, 6.45) is 1.45. The molecule has 2 atom stereocenters. The van der Waals surface area contributed by atoms with Crippen LogP contribution in [0.2, 0.25) is 0 Å². The Balaban J connectivity index is 1.67. The topological polar surface area (TPSA) is 75.3 Å². The van der Waals surface area contributed by atoms with Gasteiger partial charge in [-0.15, -0.1) is 11.3 Å². The summed E-state index contributed by atoms with van der Waals surface area (Å²) in [6, 6.07) is 12.4. The largest absolute Gasteiger partial charge is 0.349 e. The molecule has 3 rings (SSSR count). The van der Waals surface area contributed by atoms with E-state index < -0.39 is 15.4 Å². The lowest BCUT2D eigenvalue weighted by molar-refractivity contribution is -0.121. The minimum Gasteiger partial charge on any atom is -0.349 e. The fourth-order valence-electron chi connectivity index (χ4n) is 3.47. The second kappa shape index (κ2) is 8.12. The molecule has 1 aromatic heterocycles. The van der Waals surface area contributed by atoms with Crippen molar-refractivity contribution in [3.05, 3.63) is 57.8 Å². The normalized spacial score (nSPS) is 22.4. The van der Waals surface area contributed by atoms with Crippen LogP contribution in [0, 0.1) is 0 Å². The Morgan fingerprint density at radius 3 is 2.56 bits per heavy atom. The van der Waals surface area contributed by atoms with E-state index in [1.807, 2.05) is 11.4 Å². The van der Waals surface area contributed by atoms with Crippen LogP contribution >= 0.6 is 11.3 Å². The van der Waals surface area contributed by atoms with Gasteiger partial charge in [-0.2, -0.15) is 0 Å². The van der Waals surface area contributed by atoms with E-state index in [0.717, 1.165) is 16.9 Å². The van der Waals surface area contributed by atoms with E-state index in [1.54, 1.807) is 18.3 Å². The summed E-state index contributed by atoms with van der Waals surface area (Å²) in [7, 11) is -3.05. The smallest absolute Gasteiger partial charge is 0.234 e. The molecule has 1 aromatic carbocycles. The Bertz CT molecular complexity index is 876. The third kappa shape index (κ3) is 5.18. The third-order valence-corrected chi connectivity index (χ3v) is 7.80. The molecule has 5 nitrogen and oxygen atoms in total. The highest BCUT2D eigenvalue weighted by molar-refractivity contribution is 7.91. The Morgan fingerprint density at radius 1 is 1.26 bits per heavy atom. The number of benzene rings is 1. The summed E-state index contributed by atoms with van der Waals surface area (Å²) in [6.45, 7) is 4.06. The SMILES string of the molecule is CCc1ccc([C@@H](NCC(=O)N[C@]2(C)CCS(=O)(=O)C2)c2cccs2)cc1. The lowest BCUT2D eigenvalue weighted by atomic mass is 10.0. The molecule has 0 spiro atoms. The zero-order valence-electron chi connectivity index (χ0n) is 15.7. The summed E-state index contributed by atoms with van der Waals surface area (Å²) in [5.74, 6) is -0.0291. The molecule has 2 heterocycles. The van der Waals surface area contributed by atoms with Crippen molar-refractivity contribution in [3.63, 3.8) is 0 Å². The van der Waals surface area contributed by atoms with Crippen molar-refractivity contribution in [1.29, 1.82) is 0 Å². The first-order chi connectivity index (χ1) is 12.8. The number of nitrogens with one attached hydrogen (secondary N) is 2. The molecule has 0 unspecified atom stereocenters. The predicted molar refractivity (Wildman–Crippen MR) is 110 cm³/mol. The van der Waals surface area contributed by atoms with E-state index in [1.165, 1.54) is 5.56 Å². The van der Waals surface area contributed by atoms with Crippen molar-refractivity contribution in [2.24, 2.45) is 0 Å². The van der Waals surface area contributed by atoms with Crippen LogP contribution in [0.15, 0.2) is 41.8 Å². The monoisotopic (exact) mass is 406 g/mol. The molecule has 146 valence electrons. The molecule has 1 aliphatic heterocycles. The number of hydrogen-bond acceptors (Lipinski definition) is 5. The first-order valence-corrected chi connectivity index (χ1v) is 11.9. The average molecular weight is 407 g/mol. The van der Waals surface area contributed by atoms with Gasteiger partial charge in [-0.1, -0.05) is 37.3 Å². The maximum absolute atomic E-state index is 12.5. The number of sulfone groups is 1. The summed E-state index contributed by atoms with van der Waals surface area (Å²) in [5, 5.41) is 8.26. The van der Waals surface area contributed by atoms with Gasteiger partial charge in [0.2, 0.25) is 5.91 Å². The molecule has 27 heavy (non-hydrogen) atoms. The molecule has 0 saturated carbocycles. The first-order valence-electron chi connectivity index (χ1n) is 9.17. The van der Waals surface area contributed by atoms with Crippen LogP contribution in [0.3, 0.4) is 0 Å². The van der Waals surface area contributed by atoms with E-state index in [-0.39, 0.29) is 30.0 Å². The fraction of sp³-hybridized carbons (Fsp3) is 0.450. The van der Waals surface area contributed by atoms with E-state index in [2.05, 4.69) is 47.9 Å². The van der Waals surface area contributed by atoms with Crippen molar-refractivity contribution in [2.75, 3.05) is 18.1 Å². The Labute approximate surface area is 165 Å². The Kier molecular flexibility index (Phi) is 6.03. The van der Waals surface area contributed by atoms with Gasteiger partial charge in [-0.3, -0.25) is 10.1 Å². The molecule has 1 amide bonds. The molecule has 2 N–H and O–H groups in total. The van der Waals surface area contributed by atoms with Gasteiger partial charge in [0.15, 0.2) is 9.84 Å². The highest BCUT2D eigenvalue weighted by Crippen LogP contribution is 2.27. The third-order valence-electron chi connectivity index (χ3n) is 4.96. The van der Waals surface area contributed by atoms with E-state index in [4.69, 9.17) is 0 Å². The highest BCUT2D eigenvalue weighted by atomic mass is 32.2. The molecule has 0 radical (unpaired) electrons. The molecule has 2 aromatic rings. The predicted octanol–water partition coefficient (Wildman–Crippen LogP) is 2.68. The van der Waals surface area contributed by atoms with Crippen molar-refractivity contribution >= 4 is 27.1 Å². The van der Waals surface area contributed by atoms with Crippen LogP contribution in [0.4, 0.5) is 0 Å². The molecule has 0 bridgehead atoms. The summed E-state index contributed by atoms with van der Waals surface area (Å²) in [4.78, 5) is 13.6. The van der Waals surface area contributed by atoms with Gasteiger partial charge in [0.05, 0.1) is 29.6 Å². The van der Waals surface area contributed by atoms with E-state index >= 15 is 0 Å². The van der Waals surface area contributed by atoms with Gasteiger partial charge in [0.25, 0.3) is 0 Å². The summed E-state index contributed by atoms with van der Waals surface area (Å²) < 4.78 is 23.4. The maximum Gasteiger partial charge on any atom is 0.234 e. The van der Waals surface area contributed by atoms with Crippen molar-refractivity contribution in [1.82, 2.24) is 10.6 Å². The van der Waals surface area contributed by atoms with Crippen LogP contribution in [0.5, 0.6) is 0 Å². The second-order valence-electron chi connectivity index (χ2n) is 7.38. The van der Waals surface area contributed by atoms with Crippen LogP contribution < -0.4 is 10.6 Å². The number of amides is 1. The number of carbonyl (C=O) groups is 1. The molecule has 1 saturated heterocycles. The number of hydrogen-bond donors (Lipinski definition) is 2. The molecule has 1 aliphatic rings. The van der Waals surface area contributed by atoms with Gasteiger partial charge in [-0.05, 0) is 42.3 Å². The van der Waals surface area contributed by atoms with E-state index in [0.29, 0.717) is 6.42 Å². The molecular weight excluding hydrogens is 380 g/mol. The van der Waals surface area contributed by atoms with Crippen molar-refractivity contribution in [3.8, 4) is 0 Å². The standard InChI is InChI=1S/C20H26N2O3S2/c1-3-15-6-8-16(9-7-15)19(17-5-4-11-26-17)21-13-18(23)22-20(2)10-12-27(24,25)14-20/h4-9,11,19,21H,3,10,12-14H2,1-2H3,(H,22,23)/t19-,20-/m1/s1. The van der Waals surface area contributed by atoms with Gasteiger partial charge >= 0.3 is 0 Å². The van der Waals surface area contributed by atoms with E-state index in [9.17, 15) is 13.2 Å². The molecule has 0 aliphatic carbocycles. The maximum atomic E-state index is 12.5. The number of aryl methyl sites for hydroxylation is 1. The van der Waals surface area contributed by atoms with Gasteiger partial charge < -0.3 is 5.32 Å². The van der Waals surface area contributed by atoms with Crippen LogP contribution in [-0.4, -0.2) is 37.9 Å². The summed E-state index contributed by atoms with van der Waals surface area (Å²) in [5.41, 5.74) is 1.72. The van der Waals surface area contributed by atoms with Crippen molar-refractivity contribution in [2.45, 2.75) is 38.3 Å². The molecular formula is C20H26N2O3S2. The first kappa shape index (κ1) is 20.0. The second-order valence-corrected chi connectivity index (χ2v) is 10.5. The zero-order valence-corrected chi connectivity index (χ0v) is 17.3. The van der Waals surface area contributed by atoms with Gasteiger partial charge in [0.1, 0.15) is 0 Å². The number of rotatable bonds is 7. The Morgan fingerprint density at radius 2 is 2.00 bits per heavy atom. The lowest BCUT2D eigenvalue weighted by Crippen LogP contribution is -2.50. The fourth-order valence-corrected chi connectivity index (χ4v) is 6.39. The molecule has 7 heteroatoms.